The summed E-state index contributed by atoms with van der Waals surface area (Å²) in [7, 11) is 0. The molecular weight excluding hydrogens is 200 g/mol. The molecule has 72 valence electrons. The second kappa shape index (κ2) is 3.31. The molecule has 1 aromatic heterocycles. The van der Waals surface area contributed by atoms with Crippen molar-refractivity contribution in [1.29, 1.82) is 0 Å². The zero-order valence-corrected chi connectivity index (χ0v) is 8.36. The molecule has 0 bridgehead atoms. The molecule has 0 amide bonds. The van der Waals surface area contributed by atoms with Gasteiger partial charge >= 0.3 is 0 Å². The van der Waals surface area contributed by atoms with Crippen LogP contribution in [0.3, 0.4) is 0 Å². The topological polar surface area (TPSA) is 56.7 Å². The zero-order chi connectivity index (χ0) is 10.1. The van der Waals surface area contributed by atoms with Gasteiger partial charge in [-0.3, -0.25) is 0 Å². The first kappa shape index (κ1) is 9.02. The number of benzene rings is 1. The summed E-state index contributed by atoms with van der Waals surface area (Å²) < 4.78 is 1.67. The fourth-order valence-electron chi connectivity index (χ4n) is 1.24. The molecule has 1 aromatic carbocycles. The van der Waals surface area contributed by atoms with E-state index in [2.05, 4.69) is 10.1 Å². The average Bonchev–Trinajstić information content (AvgIpc) is 2.47. The Morgan fingerprint density at radius 2 is 1.93 bits per heavy atom. The number of nitrogens with two attached hydrogens (primary N) is 1. The van der Waals surface area contributed by atoms with E-state index in [1.165, 1.54) is 0 Å². The molecule has 1 heterocycles. The van der Waals surface area contributed by atoms with Crippen LogP contribution in [0.2, 0.25) is 5.02 Å². The fourth-order valence-corrected chi connectivity index (χ4v) is 1.36. The number of halogens is 1. The van der Waals surface area contributed by atoms with E-state index in [0.717, 1.165) is 11.5 Å². The number of hydrogen-bond donors (Lipinski definition) is 1. The van der Waals surface area contributed by atoms with Crippen LogP contribution in [-0.4, -0.2) is 14.8 Å². The summed E-state index contributed by atoms with van der Waals surface area (Å²) in [4.78, 5) is 4.01. The van der Waals surface area contributed by atoms with E-state index in [1.807, 2.05) is 19.1 Å². The van der Waals surface area contributed by atoms with Crippen molar-refractivity contribution < 1.29 is 0 Å². The highest BCUT2D eigenvalue weighted by atomic mass is 35.5. The Balaban J connectivity index is 2.49. The van der Waals surface area contributed by atoms with E-state index in [9.17, 15) is 0 Å². The van der Waals surface area contributed by atoms with E-state index in [0.29, 0.717) is 5.02 Å². The molecule has 14 heavy (non-hydrogen) atoms. The molecule has 0 radical (unpaired) electrons. The van der Waals surface area contributed by atoms with Gasteiger partial charge in [0.1, 0.15) is 5.82 Å². The van der Waals surface area contributed by atoms with Gasteiger partial charge in [0.15, 0.2) is 0 Å². The number of aromatic nitrogens is 3. The lowest BCUT2D eigenvalue weighted by atomic mass is 10.3. The van der Waals surface area contributed by atoms with Crippen molar-refractivity contribution in [2.24, 2.45) is 0 Å². The van der Waals surface area contributed by atoms with Gasteiger partial charge in [-0.15, -0.1) is 5.10 Å². The van der Waals surface area contributed by atoms with Gasteiger partial charge in [0, 0.05) is 5.02 Å². The quantitative estimate of drug-likeness (QED) is 0.778. The minimum atomic E-state index is 0.275. The Bertz CT molecular complexity index is 446. The van der Waals surface area contributed by atoms with E-state index < -0.39 is 0 Å². The van der Waals surface area contributed by atoms with Gasteiger partial charge in [-0.1, -0.05) is 11.6 Å². The van der Waals surface area contributed by atoms with Crippen molar-refractivity contribution in [3.63, 3.8) is 0 Å². The molecule has 0 unspecified atom stereocenters. The minimum absolute atomic E-state index is 0.275. The highest BCUT2D eigenvalue weighted by Crippen LogP contribution is 2.14. The first-order valence-electron chi connectivity index (χ1n) is 4.12. The van der Waals surface area contributed by atoms with Crippen molar-refractivity contribution in [3.8, 4) is 5.69 Å². The largest absolute Gasteiger partial charge is 0.366 e. The van der Waals surface area contributed by atoms with Crippen molar-refractivity contribution >= 4 is 17.5 Å². The highest BCUT2D eigenvalue weighted by Gasteiger charge is 2.04. The molecule has 2 rings (SSSR count). The van der Waals surface area contributed by atoms with Crippen molar-refractivity contribution in [2.75, 3.05) is 5.73 Å². The molecule has 0 aliphatic rings. The predicted octanol–water partition coefficient (Wildman–Crippen LogP) is 1.81. The lowest BCUT2D eigenvalue weighted by Gasteiger charge is -2.01. The van der Waals surface area contributed by atoms with E-state index in [4.69, 9.17) is 17.3 Å². The van der Waals surface area contributed by atoms with E-state index in [-0.39, 0.29) is 5.95 Å². The molecule has 0 saturated heterocycles. The normalized spacial score (nSPS) is 10.4. The number of aryl methyl sites for hydroxylation is 1. The fraction of sp³-hybridized carbons (Fsp3) is 0.111. The minimum Gasteiger partial charge on any atom is -0.366 e. The molecule has 0 atom stereocenters. The molecule has 0 fully saturated rings. The molecule has 0 aliphatic carbocycles. The molecule has 0 spiro atoms. The van der Waals surface area contributed by atoms with E-state index in [1.54, 1.807) is 16.8 Å². The number of anilines is 1. The Labute approximate surface area is 86.3 Å². The van der Waals surface area contributed by atoms with Gasteiger partial charge in [-0.25, -0.2) is 4.68 Å². The highest BCUT2D eigenvalue weighted by molar-refractivity contribution is 6.30. The second-order valence-corrected chi connectivity index (χ2v) is 3.34. The monoisotopic (exact) mass is 208 g/mol. The molecule has 2 aromatic rings. The second-order valence-electron chi connectivity index (χ2n) is 2.91. The van der Waals surface area contributed by atoms with Crippen LogP contribution >= 0.6 is 11.6 Å². The first-order valence-corrected chi connectivity index (χ1v) is 4.50. The van der Waals surface area contributed by atoms with Crippen molar-refractivity contribution in [3.05, 3.63) is 35.1 Å². The number of nitrogens with zero attached hydrogens (tertiary/aromatic N) is 3. The van der Waals surface area contributed by atoms with Crippen LogP contribution in [0.1, 0.15) is 5.82 Å². The maximum absolute atomic E-state index is 5.77. The Morgan fingerprint density at radius 3 is 2.43 bits per heavy atom. The van der Waals surface area contributed by atoms with Gasteiger partial charge in [-0.05, 0) is 31.2 Å². The van der Waals surface area contributed by atoms with Crippen LogP contribution in [0.4, 0.5) is 5.95 Å². The van der Waals surface area contributed by atoms with Crippen LogP contribution in [0.25, 0.3) is 5.69 Å². The van der Waals surface area contributed by atoms with Gasteiger partial charge in [0.25, 0.3) is 0 Å². The Kier molecular flexibility index (Phi) is 2.13. The summed E-state index contributed by atoms with van der Waals surface area (Å²) in [6.07, 6.45) is 0. The van der Waals surface area contributed by atoms with E-state index >= 15 is 0 Å². The summed E-state index contributed by atoms with van der Waals surface area (Å²) in [5, 5.41) is 4.74. The number of nitrogen functional groups attached to an aromatic ring is 1. The van der Waals surface area contributed by atoms with Crippen LogP contribution in [0.5, 0.6) is 0 Å². The van der Waals surface area contributed by atoms with Crippen LogP contribution in [-0.2, 0) is 0 Å². The molecule has 2 N–H and O–H groups in total. The molecule has 0 saturated carbocycles. The third kappa shape index (κ3) is 1.56. The predicted molar refractivity (Wildman–Crippen MR) is 55.5 cm³/mol. The maximum atomic E-state index is 5.77. The Hall–Kier alpha value is -1.55. The molecule has 0 aliphatic heterocycles. The first-order chi connectivity index (χ1) is 6.66. The van der Waals surface area contributed by atoms with Gasteiger partial charge < -0.3 is 5.73 Å². The summed E-state index contributed by atoms with van der Waals surface area (Å²) in [5.74, 6) is 1.03. The van der Waals surface area contributed by atoms with Gasteiger partial charge in [0.05, 0.1) is 5.69 Å². The maximum Gasteiger partial charge on any atom is 0.240 e. The SMILES string of the molecule is Cc1nc(N)nn1-c1ccc(Cl)cc1. The van der Waals surface area contributed by atoms with Crippen LogP contribution in [0.15, 0.2) is 24.3 Å². The molecular formula is C9H9ClN4. The number of hydrogen-bond acceptors (Lipinski definition) is 3. The Morgan fingerprint density at radius 1 is 1.29 bits per heavy atom. The average molecular weight is 209 g/mol. The number of rotatable bonds is 1. The van der Waals surface area contributed by atoms with Crippen LogP contribution in [0, 0.1) is 6.92 Å². The molecule has 5 heteroatoms. The summed E-state index contributed by atoms with van der Waals surface area (Å²) in [6, 6.07) is 7.33. The lowest BCUT2D eigenvalue weighted by molar-refractivity contribution is 0.843. The summed E-state index contributed by atoms with van der Waals surface area (Å²) in [5.41, 5.74) is 6.38. The zero-order valence-electron chi connectivity index (χ0n) is 7.61. The lowest BCUT2D eigenvalue weighted by Crippen LogP contribution is -1.99. The summed E-state index contributed by atoms with van der Waals surface area (Å²) in [6.45, 7) is 1.85. The molecule has 4 nitrogen and oxygen atoms in total. The third-order valence-electron chi connectivity index (χ3n) is 1.86. The van der Waals surface area contributed by atoms with Gasteiger partial charge in [0.2, 0.25) is 5.95 Å². The van der Waals surface area contributed by atoms with Crippen molar-refractivity contribution in [2.45, 2.75) is 6.92 Å². The standard InChI is InChI=1S/C9H9ClN4/c1-6-12-9(11)13-14(6)8-4-2-7(10)3-5-8/h2-5H,1H3,(H2,11,13). The van der Waals surface area contributed by atoms with Crippen molar-refractivity contribution in [1.82, 2.24) is 14.8 Å². The summed E-state index contributed by atoms with van der Waals surface area (Å²) >= 11 is 5.77. The third-order valence-corrected chi connectivity index (χ3v) is 2.11. The van der Waals surface area contributed by atoms with Crippen LogP contribution < -0.4 is 5.73 Å². The van der Waals surface area contributed by atoms with Gasteiger partial charge in [-0.2, -0.15) is 4.98 Å². The smallest absolute Gasteiger partial charge is 0.240 e.